The molecule has 0 aliphatic heterocycles. The molecule has 8 nitrogen and oxygen atoms in total. The van der Waals surface area contributed by atoms with Crippen molar-refractivity contribution >= 4 is 28.3 Å². The van der Waals surface area contributed by atoms with E-state index < -0.39 is 0 Å². The van der Waals surface area contributed by atoms with E-state index in [0.29, 0.717) is 34.3 Å². The molecule has 0 fully saturated rings. The predicted molar refractivity (Wildman–Crippen MR) is 127 cm³/mol. The lowest BCUT2D eigenvalue weighted by Crippen LogP contribution is -2.38. The summed E-state index contributed by atoms with van der Waals surface area (Å²) in [7, 11) is 3.07. The molecule has 0 radical (unpaired) electrons. The van der Waals surface area contributed by atoms with Crippen LogP contribution in [0.1, 0.15) is 43.3 Å². The molecule has 1 aliphatic carbocycles. The van der Waals surface area contributed by atoms with Crippen molar-refractivity contribution < 1.29 is 19.1 Å². The first kappa shape index (κ1) is 22.6. The van der Waals surface area contributed by atoms with Crippen LogP contribution in [0.15, 0.2) is 42.5 Å². The van der Waals surface area contributed by atoms with E-state index in [1.807, 2.05) is 12.1 Å². The Morgan fingerprint density at radius 2 is 1.88 bits per heavy atom. The molecule has 1 unspecified atom stereocenters. The molecule has 0 saturated heterocycles. The number of anilines is 1. The monoisotopic (exact) mass is 466 g/mol. The number of nitrogens with one attached hydrogen (secondary N) is 2. The number of nitrogen functional groups attached to an aromatic ring is 1. The molecule has 33 heavy (non-hydrogen) atoms. The Bertz CT molecular complexity index is 1180. The normalized spacial score (nSPS) is 14.8. The topological polar surface area (TPSA) is 116 Å². The van der Waals surface area contributed by atoms with Crippen LogP contribution in [0, 0.1) is 0 Å². The van der Waals surface area contributed by atoms with Gasteiger partial charge in [0.1, 0.15) is 0 Å². The standard InChI is InChI=1S/C24H26N4O4S/c1-31-19-9-6-16(11-20(19)32-2)22(29)26-13-14-4-3-5-15(10-14)23(30)27-17-7-8-18-21(12-17)33-24(25)28-18/h3-6,9-11,17H,7-8,12-13H2,1-2H3,(H2,25,28)(H,26,29)(H,27,30). The molecule has 0 saturated carbocycles. The molecule has 4 rings (SSSR count). The number of nitrogens with two attached hydrogens (primary N) is 1. The zero-order valence-electron chi connectivity index (χ0n) is 18.5. The second-order valence-electron chi connectivity index (χ2n) is 7.79. The van der Waals surface area contributed by atoms with Gasteiger partial charge in [-0.05, 0) is 48.7 Å². The molecule has 1 aromatic heterocycles. The first-order valence-electron chi connectivity index (χ1n) is 10.6. The number of hydrogen-bond acceptors (Lipinski definition) is 7. The maximum absolute atomic E-state index is 12.8. The van der Waals surface area contributed by atoms with Crippen molar-refractivity contribution in [3.63, 3.8) is 0 Å². The average Bonchev–Trinajstić information content (AvgIpc) is 3.21. The average molecular weight is 467 g/mol. The van der Waals surface area contributed by atoms with Gasteiger partial charge in [0, 0.05) is 35.0 Å². The first-order valence-corrected chi connectivity index (χ1v) is 11.4. The lowest BCUT2D eigenvalue weighted by atomic mass is 9.97. The van der Waals surface area contributed by atoms with Crippen molar-refractivity contribution in [1.29, 1.82) is 0 Å². The number of aromatic nitrogens is 1. The van der Waals surface area contributed by atoms with Crippen molar-refractivity contribution in [2.24, 2.45) is 0 Å². The third kappa shape index (κ3) is 5.25. The minimum absolute atomic E-state index is 0.0539. The molecule has 2 aromatic carbocycles. The molecule has 4 N–H and O–H groups in total. The molecule has 2 amide bonds. The van der Waals surface area contributed by atoms with E-state index in [1.165, 1.54) is 18.4 Å². The summed E-state index contributed by atoms with van der Waals surface area (Å²) in [5.74, 6) is 0.669. The van der Waals surface area contributed by atoms with Crippen LogP contribution in [-0.2, 0) is 19.4 Å². The number of thiazole rings is 1. The molecule has 3 aromatic rings. The molecule has 9 heteroatoms. The Morgan fingerprint density at radius 1 is 1.09 bits per heavy atom. The smallest absolute Gasteiger partial charge is 0.251 e. The molecule has 1 atom stereocenters. The Labute approximate surface area is 196 Å². The lowest BCUT2D eigenvalue weighted by molar-refractivity contribution is 0.0931. The molecule has 0 bridgehead atoms. The molecular formula is C24H26N4O4S. The SMILES string of the molecule is COc1ccc(C(=O)NCc2cccc(C(=O)NC3CCc4nc(N)sc4C3)c2)cc1OC. The third-order valence-electron chi connectivity index (χ3n) is 5.58. The van der Waals surface area contributed by atoms with Crippen LogP contribution in [0.25, 0.3) is 0 Å². The van der Waals surface area contributed by atoms with Crippen LogP contribution >= 0.6 is 11.3 Å². The summed E-state index contributed by atoms with van der Waals surface area (Å²) in [5, 5.41) is 6.57. The second-order valence-corrected chi connectivity index (χ2v) is 8.90. The molecule has 0 spiro atoms. The minimum Gasteiger partial charge on any atom is -0.493 e. The van der Waals surface area contributed by atoms with Gasteiger partial charge in [-0.1, -0.05) is 12.1 Å². The van der Waals surface area contributed by atoms with Gasteiger partial charge in [-0.2, -0.15) is 0 Å². The number of fused-ring (bicyclic) bond motifs is 1. The Morgan fingerprint density at radius 3 is 2.67 bits per heavy atom. The van der Waals surface area contributed by atoms with Gasteiger partial charge in [0.2, 0.25) is 0 Å². The number of benzene rings is 2. The van der Waals surface area contributed by atoms with Gasteiger partial charge in [0.15, 0.2) is 16.6 Å². The zero-order valence-corrected chi connectivity index (χ0v) is 19.3. The summed E-state index contributed by atoms with van der Waals surface area (Å²) in [6.45, 7) is 0.293. The molecule has 1 aliphatic rings. The van der Waals surface area contributed by atoms with Crippen molar-refractivity contribution in [2.75, 3.05) is 20.0 Å². The summed E-state index contributed by atoms with van der Waals surface area (Å²) in [6.07, 6.45) is 2.40. The van der Waals surface area contributed by atoms with E-state index in [0.717, 1.165) is 35.4 Å². The number of amides is 2. The highest BCUT2D eigenvalue weighted by atomic mass is 32.1. The zero-order chi connectivity index (χ0) is 23.4. The Hall–Kier alpha value is -3.59. The lowest BCUT2D eigenvalue weighted by Gasteiger charge is -2.22. The van der Waals surface area contributed by atoms with E-state index >= 15 is 0 Å². The number of methoxy groups -OCH3 is 2. The molecule has 172 valence electrons. The van der Waals surface area contributed by atoms with Gasteiger partial charge >= 0.3 is 0 Å². The minimum atomic E-state index is -0.243. The highest BCUT2D eigenvalue weighted by Crippen LogP contribution is 2.29. The van der Waals surface area contributed by atoms with Crippen LogP contribution in [0.2, 0.25) is 0 Å². The number of hydrogen-bond donors (Lipinski definition) is 3. The van der Waals surface area contributed by atoms with Crippen molar-refractivity contribution in [1.82, 2.24) is 15.6 Å². The predicted octanol–water partition coefficient (Wildman–Crippen LogP) is 2.96. The van der Waals surface area contributed by atoms with Gasteiger partial charge in [0.25, 0.3) is 11.8 Å². The van der Waals surface area contributed by atoms with Crippen LogP contribution in [0.5, 0.6) is 11.5 Å². The summed E-state index contributed by atoms with van der Waals surface area (Å²) in [5.41, 5.74) is 8.71. The van der Waals surface area contributed by atoms with Crippen molar-refractivity contribution in [3.8, 4) is 11.5 Å². The van der Waals surface area contributed by atoms with Gasteiger partial charge in [-0.15, -0.1) is 11.3 Å². The Balaban J connectivity index is 1.36. The number of carbonyl (C=O) groups is 2. The quantitative estimate of drug-likeness (QED) is 0.493. The van der Waals surface area contributed by atoms with E-state index in [2.05, 4.69) is 15.6 Å². The fourth-order valence-electron chi connectivity index (χ4n) is 3.87. The van der Waals surface area contributed by atoms with Crippen LogP contribution in [0.4, 0.5) is 5.13 Å². The Kier molecular flexibility index (Phi) is 6.79. The maximum Gasteiger partial charge on any atom is 0.251 e. The van der Waals surface area contributed by atoms with Crippen molar-refractivity contribution in [2.45, 2.75) is 31.8 Å². The highest BCUT2D eigenvalue weighted by molar-refractivity contribution is 7.15. The number of nitrogens with zero attached hydrogens (tertiary/aromatic N) is 1. The summed E-state index contributed by atoms with van der Waals surface area (Å²) >= 11 is 1.49. The fourth-order valence-corrected chi connectivity index (χ4v) is 4.83. The fraction of sp³-hybridized carbons (Fsp3) is 0.292. The number of carbonyl (C=O) groups excluding carboxylic acids is 2. The number of aryl methyl sites for hydroxylation is 1. The molecule has 1 heterocycles. The van der Waals surface area contributed by atoms with E-state index in [9.17, 15) is 9.59 Å². The van der Waals surface area contributed by atoms with Gasteiger partial charge in [0.05, 0.1) is 19.9 Å². The van der Waals surface area contributed by atoms with Crippen LogP contribution in [0.3, 0.4) is 0 Å². The first-order chi connectivity index (χ1) is 16.0. The van der Waals surface area contributed by atoms with E-state index in [1.54, 1.807) is 37.4 Å². The number of rotatable bonds is 7. The molecular weight excluding hydrogens is 440 g/mol. The van der Waals surface area contributed by atoms with E-state index in [4.69, 9.17) is 15.2 Å². The van der Waals surface area contributed by atoms with Gasteiger partial charge in [-0.3, -0.25) is 9.59 Å². The maximum atomic E-state index is 12.8. The second kappa shape index (κ2) is 9.91. The van der Waals surface area contributed by atoms with E-state index in [-0.39, 0.29) is 17.9 Å². The van der Waals surface area contributed by atoms with Gasteiger partial charge < -0.3 is 25.8 Å². The number of ether oxygens (including phenoxy) is 2. The summed E-state index contributed by atoms with van der Waals surface area (Å²) in [6, 6.07) is 12.3. The van der Waals surface area contributed by atoms with Crippen LogP contribution in [-0.4, -0.2) is 37.1 Å². The van der Waals surface area contributed by atoms with Crippen LogP contribution < -0.4 is 25.8 Å². The largest absolute Gasteiger partial charge is 0.493 e. The van der Waals surface area contributed by atoms with Crippen molar-refractivity contribution in [3.05, 3.63) is 69.7 Å². The van der Waals surface area contributed by atoms with Gasteiger partial charge in [-0.25, -0.2) is 4.98 Å². The summed E-state index contributed by atoms with van der Waals surface area (Å²) in [4.78, 5) is 30.9. The highest BCUT2D eigenvalue weighted by Gasteiger charge is 2.23. The summed E-state index contributed by atoms with van der Waals surface area (Å²) < 4.78 is 10.5. The third-order valence-corrected chi connectivity index (χ3v) is 6.53.